The molecule has 1 unspecified atom stereocenters. The normalized spacial score (nSPS) is 18.7. The SMILES string of the molecule is O=C1c2[nH]nc(-c3ccccc3)c2C(c2cccc([N+](=O)[O-])c2)N1CCN1CCOCC1. The first-order valence-corrected chi connectivity index (χ1v) is 10.6. The minimum atomic E-state index is -0.451. The number of nitrogens with one attached hydrogen (secondary N) is 1. The van der Waals surface area contributed by atoms with Crippen molar-refractivity contribution in [3.8, 4) is 11.3 Å². The molecule has 1 amide bonds. The Morgan fingerprint density at radius 2 is 1.88 bits per heavy atom. The van der Waals surface area contributed by atoms with Crippen molar-refractivity contribution in [1.82, 2.24) is 20.0 Å². The summed E-state index contributed by atoms with van der Waals surface area (Å²) in [7, 11) is 0. The first kappa shape index (κ1) is 20.3. The van der Waals surface area contributed by atoms with Crippen LogP contribution in [0.4, 0.5) is 5.69 Å². The second kappa shape index (κ2) is 8.52. The quantitative estimate of drug-likeness (QED) is 0.473. The zero-order chi connectivity index (χ0) is 22.1. The van der Waals surface area contributed by atoms with Crippen LogP contribution < -0.4 is 0 Å². The number of hydrogen-bond acceptors (Lipinski definition) is 6. The monoisotopic (exact) mass is 433 g/mol. The molecule has 3 aromatic rings. The smallest absolute Gasteiger partial charge is 0.273 e. The van der Waals surface area contributed by atoms with Crippen molar-refractivity contribution < 1.29 is 14.5 Å². The third kappa shape index (κ3) is 3.65. The molecule has 1 N–H and O–H groups in total. The first-order valence-electron chi connectivity index (χ1n) is 10.6. The van der Waals surface area contributed by atoms with Gasteiger partial charge in [0.2, 0.25) is 0 Å². The van der Waals surface area contributed by atoms with E-state index < -0.39 is 11.0 Å². The number of benzene rings is 2. The number of non-ortho nitro benzene ring substituents is 1. The Bertz CT molecular complexity index is 1140. The fourth-order valence-corrected chi connectivity index (χ4v) is 4.47. The fourth-order valence-electron chi connectivity index (χ4n) is 4.47. The number of carbonyl (C=O) groups excluding carboxylic acids is 1. The van der Waals surface area contributed by atoms with Crippen LogP contribution in [0.1, 0.15) is 27.7 Å². The number of ether oxygens (including phenoxy) is 1. The molecule has 0 spiro atoms. The Morgan fingerprint density at radius 1 is 1.09 bits per heavy atom. The maximum absolute atomic E-state index is 13.4. The van der Waals surface area contributed by atoms with Gasteiger partial charge < -0.3 is 9.64 Å². The van der Waals surface area contributed by atoms with Crippen LogP contribution in [-0.4, -0.2) is 70.2 Å². The summed E-state index contributed by atoms with van der Waals surface area (Å²) in [6.07, 6.45) is 0. The summed E-state index contributed by atoms with van der Waals surface area (Å²) in [4.78, 5) is 28.5. The number of nitro groups is 1. The van der Waals surface area contributed by atoms with E-state index in [1.807, 2.05) is 36.4 Å². The average Bonchev–Trinajstić information content (AvgIpc) is 3.38. The number of amides is 1. The zero-order valence-electron chi connectivity index (χ0n) is 17.4. The van der Waals surface area contributed by atoms with Gasteiger partial charge in [-0.1, -0.05) is 42.5 Å². The Hall–Kier alpha value is -3.56. The fraction of sp³-hybridized carbons (Fsp3) is 0.304. The number of morpholine rings is 1. The average molecular weight is 433 g/mol. The van der Waals surface area contributed by atoms with Crippen molar-refractivity contribution in [2.45, 2.75) is 6.04 Å². The molecule has 1 aromatic heterocycles. The van der Waals surface area contributed by atoms with E-state index in [0.29, 0.717) is 43.3 Å². The highest BCUT2D eigenvalue weighted by Gasteiger charge is 2.42. The summed E-state index contributed by atoms with van der Waals surface area (Å²) in [5.74, 6) is -0.139. The molecule has 9 heteroatoms. The Kier molecular flexibility index (Phi) is 5.42. The van der Waals surface area contributed by atoms with E-state index in [1.165, 1.54) is 6.07 Å². The molecule has 0 bridgehead atoms. The number of H-pyrrole nitrogens is 1. The van der Waals surface area contributed by atoms with E-state index in [1.54, 1.807) is 17.0 Å². The molecule has 9 nitrogen and oxygen atoms in total. The Morgan fingerprint density at radius 3 is 2.62 bits per heavy atom. The van der Waals surface area contributed by atoms with Crippen LogP contribution in [0.15, 0.2) is 54.6 Å². The van der Waals surface area contributed by atoms with Gasteiger partial charge in [0, 0.05) is 49.4 Å². The van der Waals surface area contributed by atoms with Gasteiger partial charge in [0.1, 0.15) is 5.69 Å². The van der Waals surface area contributed by atoms with Crippen LogP contribution in [0.3, 0.4) is 0 Å². The zero-order valence-corrected chi connectivity index (χ0v) is 17.4. The number of nitro benzene ring substituents is 1. The highest BCUT2D eigenvalue weighted by Crippen LogP contribution is 2.43. The van der Waals surface area contributed by atoms with E-state index in [4.69, 9.17) is 4.74 Å². The van der Waals surface area contributed by atoms with Gasteiger partial charge in [0.15, 0.2) is 0 Å². The molecule has 0 aliphatic carbocycles. The van der Waals surface area contributed by atoms with E-state index in [9.17, 15) is 14.9 Å². The molecular weight excluding hydrogens is 410 g/mol. The van der Waals surface area contributed by atoms with Crippen LogP contribution in [0.25, 0.3) is 11.3 Å². The predicted octanol–water partition coefficient (Wildman–Crippen LogP) is 2.86. The molecule has 1 saturated heterocycles. The van der Waals surface area contributed by atoms with Crippen LogP contribution >= 0.6 is 0 Å². The lowest BCUT2D eigenvalue weighted by Crippen LogP contribution is -2.42. The number of aromatic amines is 1. The molecule has 5 rings (SSSR count). The lowest BCUT2D eigenvalue weighted by molar-refractivity contribution is -0.384. The van der Waals surface area contributed by atoms with E-state index >= 15 is 0 Å². The van der Waals surface area contributed by atoms with Crippen molar-refractivity contribution in [2.24, 2.45) is 0 Å². The summed E-state index contributed by atoms with van der Waals surface area (Å²) >= 11 is 0. The number of fused-ring (bicyclic) bond motifs is 1. The molecule has 0 radical (unpaired) electrons. The van der Waals surface area contributed by atoms with Crippen molar-refractivity contribution >= 4 is 11.6 Å². The minimum Gasteiger partial charge on any atom is -0.379 e. The van der Waals surface area contributed by atoms with Gasteiger partial charge in [-0.05, 0) is 5.56 Å². The van der Waals surface area contributed by atoms with E-state index in [2.05, 4.69) is 15.1 Å². The van der Waals surface area contributed by atoms with Crippen molar-refractivity contribution in [3.63, 3.8) is 0 Å². The summed E-state index contributed by atoms with van der Waals surface area (Å²) in [6, 6.07) is 15.7. The number of hydrogen-bond donors (Lipinski definition) is 1. The molecule has 164 valence electrons. The number of carbonyl (C=O) groups is 1. The lowest BCUT2D eigenvalue weighted by Gasteiger charge is -2.31. The second-order valence-corrected chi connectivity index (χ2v) is 7.93. The van der Waals surface area contributed by atoms with E-state index in [-0.39, 0.29) is 11.6 Å². The van der Waals surface area contributed by atoms with Crippen LogP contribution in [0.2, 0.25) is 0 Å². The highest BCUT2D eigenvalue weighted by molar-refractivity contribution is 6.00. The molecule has 32 heavy (non-hydrogen) atoms. The molecule has 1 atom stereocenters. The highest BCUT2D eigenvalue weighted by atomic mass is 16.6. The Labute approximate surface area is 184 Å². The van der Waals surface area contributed by atoms with Crippen molar-refractivity contribution in [1.29, 1.82) is 0 Å². The molecule has 3 heterocycles. The van der Waals surface area contributed by atoms with Gasteiger partial charge in [-0.15, -0.1) is 0 Å². The van der Waals surface area contributed by atoms with Crippen molar-refractivity contribution in [3.05, 3.63) is 81.5 Å². The van der Waals surface area contributed by atoms with Gasteiger partial charge >= 0.3 is 0 Å². The van der Waals surface area contributed by atoms with Gasteiger partial charge in [-0.25, -0.2) is 0 Å². The number of rotatable bonds is 6. The van der Waals surface area contributed by atoms with Gasteiger partial charge in [-0.3, -0.25) is 24.9 Å². The maximum atomic E-state index is 13.4. The van der Waals surface area contributed by atoms with Gasteiger partial charge in [-0.2, -0.15) is 5.10 Å². The van der Waals surface area contributed by atoms with Crippen LogP contribution in [0.5, 0.6) is 0 Å². The van der Waals surface area contributed by atoms with E-state index in [0.717, 1.165) is 24.2 Å². The summed E-state index contributed by atoms with van der Waals surface area (Å²) in [5.41, 5.74) is 3.50. The summed E-state index contributed by atoms with van der Waals surface area (Å²) in [6.45, 7) is 4.23. The minimum absolute atomic E-state index is 0.00119. The van der Waals surface area contributed by atoms with Gasteiger partial charge in [0.25, 0.3) is 11.6 Å². The van der Waals surface area contributed by atoms with Crippen LogP contribution in [-0.2, 0) is 4.74 Å². The molecular formula is C23H23N5O4. The predicted molar refractivity (Wildman–Crippen MR) is 117 cm³/mol. The number of aromatic nitrogens is 2. The second-order valence-electron chi connectivity index (χ2n) is 7.93. The summed E-state index contributed by atoms with van der Waals surface area (Å²) in [5, 5.41) is 18.8. The lowest BCUT2D eigenvalue weighted by atomic mass is 9.96. The molecule has 2 aliphatic heterocycles. The topological polar surface area (TPSA) is 105 Å². The summed E-state index contributed by atoms with van der Waals surface area (Å²) < 4.78 is 5.42. The molecule has 0 saturated carbocycles. The Balaban J connectivity index is 1.55. The third-order valence-electron chi connectivity index (χ3n) is 6.07. The van der Waals surface area contributed by atoms with Crippen LogP contribution in [0, 0.1) is 10.1 Å². The number of nitrogens with zero attached hydrogens (tertiary/aromatic N) is 4. The first-order chi connectivity index (χ1) is 15.6. The molecule has 2 aliphatic rings. The third-order valence-corrected chi connectivity index (χ3v) is 6.07. The molecule has 1 fully saturated rings. The van der Waals surface area contributed by atoms with Gasteiger partial charge in [0.05, 0.1) is 29.9 Å². The largest absolute Gasteiger partial charge is 0.379 e. The maximum Gasteiger partial charge on any atom is 0.273 e. The standard InChI is InChI=1S/C23H23N5O4/c29-23-21-19(20(24-25-21)16-5-2-1-3-6-16)22(17-7-4-8-18(15-17)28(30)31)27(23)10-9-26-11-13-32-14-12-26/h1-8,15,22H,9-14H2,(H,24,25). The molecule has 2 aromatic carbocycles. The van der Waals surface area contributed by atoms with Crippen molar-refractivity contribution in [2.75, 3.05) is 39.4 Å².